The summed E-state index contributed by atoms with van der Waals surface area (Å²) in [4.78, 5) is 0. The zero-order valence-electron chi connectivity index (χ0n) is 14.6. The van der Waals surface area contributed by atoms with Crippen LogP contribution in [0.5, 0.6) is 11.5 Å². The van der Waals surface area contributed by atoms with Crippen LogP contribution in [0.15, 0.2) is 42.2 Å². The van der Waals surface area contributed by atoms with Crippen molar-refractivity contribution in [1.29, 1.82) is 0 Å². The fraction of sp³-hybridized carbons (Fsp3) is 0.368. The summed E-state index contributed by atoms with van der Waals surface area (Å²) < 4.78 is 15.2. The van der Waals surface area contributed by atoms with Crippen molar-refractivity contribution in [3.63, 3.8) is 0 Å². The fourth-order valence-electron chi connectivity index (χ4n) is 2.71. The molecule has 6 heteroatoms. The van der Waals surface area contributed by atoms with Crippen LogP contribution in [0.4, 0.5) is 0 Å². The molecule has 0 aliphatic rings. The molecule has 2 aromatic rings. The Hall–Kier alpha value is -0.0400. The van der Waals surface area contributed by atoms with Crippen molar-refractivity contribution in [1.82, 2.24) is 0 Å². The summed E-state index contributed by atoms with van der Waals surface area (Å²) in [6.07, 6.45) is 0. The van der Waals surface area contributed by atoms with E-state index in [1.807, 2.05) is 26.0 Å². The van der Waals surface area contributed by atoms with E-state index in [2.05, 4.69) is 89.7 Å². The molecule has 0 radical (unpaired) electrons. The first-order valence-corrected chi connectivity index (χ1v) is 11.1. The van der Waals surface area contributed by atoms with Crippen LogP contribution in [0.25, 0.3) is 0 Å². The minimum Gasteiger partial charge on any atom is -0.493 e. The maximum absolute atomic E-state index is 5.67. The molecule has 0 fully saturated rings. The van der Waals surface area contributed by atoms with Gasteiger partial charge in [0.2, 0.25) is 0 Å². The Balaban J connectivity index is 2.56. The Kier molecular flexibility index (Phi) is 7.45. The van der Waals surface area contributed by atoms with Gasteiger partial charge in [-0.25, -0.2) is 0 Å². The number of hydrogen-bond donors (Lipinski definition) is 0. The van der Waals surface area contributed by atoms with Gasteiger partial charge in [-0.15, -0.1) is 0 Å². The summed E-state index contributed by atoms with van der Waals surface area (Å²) in [6, 6.07) is 8.23. The third-order valence-electron chi connectivity index (χ3n) is 4.04. The van der Waals surface area contributed by atoms with Gasteiger partial charge in [-0.05, 0) is 101 Å². The highest BCUT2D eigenvalue weighted by atomic mass is 79.9. The van der Waals surface area contributed by atoms with Crippen molar-refractivity contribution in [3.8, 4) is 11.5 Å². The SMILES string of the molecule is CCOc1ccc(C(C)(C)c2ccc(OCC)c(Br)c2Br)c(Br)c1Br. The highest BCUT2D eigenvalue weighted by molar-refractivity contribution is 9.13. The monoisotopic (exact) mass is 596 g/mol. The largest absolute Gasteiger partial charge is 0.493 e. The van der Waals surface area contributed by atoms with E-state index in [9.17, 15) is 0 Å². The van der Waals surface area contributed by atoms with Gasteiger partial charge in [0.25, 0.3) is 0 Å². The van der Waals surface area contributed by atoms with Gasteiger partial charge < -0.3 is 9.47 Å². The molecule has 25 heavy (non-hydrogen) atoms. The standard InChI is InChI=1S/C19H20Br4O2/c1-5-24-13-9-7-11(15(20)17(13)22)19(3,4)12-8-10-14(25-6-2)18(23)16(12)21/h7-10H,5-6H2,1-4H3. The second-order valence-corrected chi connectivity index (χ2v) is 9.14. The Morgan fingerprint density at radius 1 is 0.680 bits per heavy atom. The number of rotatable bonds is 6. The molecule has 0 atom stereocenters. The summed E-state index contributed by atoms with van der Waals surface area (Å²) in [5, 5.41) is 0. The fourth-order valence-corrected chi connectivity index (χ4v) is 5.27. The maximum atomic E-state index is 5.67. The second kappa shape index (κ2) is 8.77. The molecule has 0 saturated carbocycles. The lowest BCUT2D eigenvalue weighted by Gasteiger charge is -2.30. The molecular weight excluding hydrogens is 580 g/mol. The van der Waals surface area contributed by atoms with E-state index in [1.54, 1.807) is 0 Å². The van der Waals surface area contributed by atoms with Crippen LogP contribution in [0, 0.1) is 0 Å². The molecule has 0 spiro atoms. The summed E-state index contributed by atoms with van der Waals surface area (Å²) in [6.45, 7) is 9.62. The van der Waals surface area contributed by atoms with Gasteiger partial charge in [0.05, 0.1) is 22.2 Å². The van der Waals surface area contributed by atoms with E-state index in [0.29, 0.717) is 13.2 Å². The topological polar surface area (TPSA) is 18.5 Å². The van der Waals surface area contributed by atoms with Crippen LogP contribution in [0.3, 0.4) is 0 Å². The zero-order valence-corrected chi connectivity index (χ0v) is 20.9. The van der Waals surface area contributed by atoms with Crippen LogP contribution in [0.2, 0.25) is 0 Å². The van der Waals surface area contributed by atoms with Crippen molar-refractivity contribution in [2.45, 2.75) is 33.1 Å². The third-order valence-corrected chi connectivity index (χ3v) is 8.33. The number of halogens is 4. The van der Waals surface area contributed by atoms with E-state index in [0.717, 1.165) is 29.4 Å². The van der Waals surface area contributed by atoms with Gasteiger partial charge in [-0.1, -0.05) is 26.0 Å². The van der Waals surface area contributed by atoms with E-state index in [-0.39, 0.29) is 5.41 Å². The molecule has 0 aliphatic carbocycles. The molecule has 0 unspecified atom stereocenters. The van der Waals surface area contributed by atoms with Crippen molar-refractivity contribution in [3.05, 3.63) is 53.3 Å². The summed E-state index contributed by atoms with van der Waals surface area (Å²) in [5.41, 5.74) is 2.09. The van der Waals surface area contributed by atoms with E-state index in [1.165, 1.54) is 11.1 Å². The average Bonchev–Trinajstić information content (AvgIpc) is 2.56. The van der Waals surface area contributed by atoms with Crippen molar-refractivity contribution < 1.29 is 9.47 Å². The molecule has 2 aromatic carbocycles. The van der Waals surface area contributed by atoms with E-state index >= 15 is 0 Å². The molecular formula is C19H20Br4O2. The molecule has 0 aliphatic heterocycles. The Morgan fingerprint density at radius 2 is 1.04 bits per heavy atom. The summed E-state index contributed by atoms with van der Waals surface area (Å²) in [5.74, 6) is 1.67. The van der Waals surface area contributed by atoms with Crippen LogP contribution in [0.1, 0.15) is 38.8 Å². The van der Waals surface area contributed by atoms with E-state index < -0.39 is 0 Å². The predicted octanol–water partition coefficient (Wildman–Crippen LogP) is 7.86. The molecule has 136 valence electrons. The predicted molar refractivity (Wildman–Crippen MR) is 118 cm³/mol. The van der Waals surface area contributed by atoms with Crippen molar-refractivity contribution >= 4 is 63.7 Å². The molecule has 0 bridgehead atoms. The highest BCUT2D eigenvalue weighted by Gasteiger charge is 2.30. The van der Waals surface area contributed by atoms with E-state index in [4.69, 9.17) is 9.47 Å². The van der Waals surface area contributed by atoms with Crippen molar-refractivity contribution in [2.75, 3.05) is 13.2 Å². The zero-order chi connectivity index (χ0) is 18.8. The molecule has 0 N–H and O–H groups in total. The Labute approximate surface area is 183 Å². The first-order chi connectivity index (χ1) is 11.8. The minimum atomic E-state index is -0.238. The molecule has 0 heterocycles. The summed E-state index contributed by atoms with van der Waals surface area (Å²) in [7, 11) is 0. The lowest BCUT2D eigenvalue weighted by molar-refractivity contribution is 0.337. The Bertz CT molecular complexity index is 709. The van der Waals surface area contributed by atoms with Gasteiger partial charge in [0, 0.05) is 14.4 Å². The lowest BCUT2D eigenvalue weighted by atomic mass is 9.78. The smallest absolute Gasteiger partial charge is 0.134 e. The highest BCUT2D eigenvalue weighted by Crippen LogP contribution is 2.47. The summed E-state index contributed by atoms with van der Waals surface area (Å²) >= 11 is 14.8. The van der Waals surface area contributed by atoms with Crippen LogP contribution in [-0.4, -0.2) is 13.2 Å². The first kappa shape index (κ1) is 21.3. The minimum absolute atomic E-state index is 0.238. The molecule has 0 amide bonds. The van der Waals surface area contributed by atoms with Crippen LogP contribution < -0.4 is 9.47 Å². The number of benzene rings is 2. The second-order valence-electron chi connectivity index (χ2n) is 5.97. The van der Waals surface area contributed by atoms with Gasteiger partial charge >= 0.3 is 0 Å². The number of hydrogen-bond acceptors (Lipinski definition) is 2. The lowest BCUT2D eigenvalue weighted by Crippen LogP contribution is -2.21. The van der Waals surface area contributed by atoms with Crippen molar-refractivity contribution in [2.24, 2.45) is 0 Å². The van der Waals surface area contributed by atoms with Crippen LogP contribution >= 0.6 is 63.7 Å². The van der Waals surface area contributed by atoms with Gasteiger partial charge in [-0.2, -0.15) is 0 Å². The maximum Gasteiger partial charge on any atom is 0.134 e. The van der Waals surface area contributed by atoms with Gasteiger partial charge in [0.15, 0.2) is 0 Å². The molecule has 0 saturated heterocycles. The average molecular weight is 600 g/mol. The first-order valence-electron chi connectivity index (χ1n) is 7.98. The third kappa shape index (κ3) is 4.28. The van der Waals surface area contributed by atoms with Gasteiger partial charge in [-0.3, -0.25) is 0 Å². The number of ether oxygens (including phenoxy) is 2. The molecule has 0 aromatic heterocycles. The normalized spacial score (nSPS) is 11.5. The molecule has 2 nitrogen and oxygen atoms in total. The quantitative estimate of drug-likeness (QED) is 0.337. The Morgan fingerprint density at radius 3 is 1.36 bits per heavy atom. The van der Waals surface area contributed by atoms with Crippen LogP contribution in [-0.2, 0) is 5.41 Å². The van der Waals surface area contributed by atoms with Gasteiger partial charge in [0.1, 0.15) is 11.5 Å². The molecule has 2 rings (SSSR count).